The van der Waals surface area contributed by atoms with Gasteiger partial charge in [-0.25, -0.2) is 0 Å². The van der Waals surface area contributed by atoms with Crippen molar-refractivity contribution in [2.75, 3.05) is 25.6 Å². The lowest BCUT2D eigenvalue weighted by molar-refractivity contribution is 0.104. The number of rotatable bonds is 60. The number of ether oxygens (including phenoxy) is 3. The number of allylic oxidation sites excluding steroid dienone is 1. The zero-order valence-corrected chi connectivity index (χ0v) is 52.5. The molecule has 0 bridgehead atoms. The molecule has 0 aromatic heterocycles. The highest BCUT2D eigenvalue weighted by molar-refractivity contribution is 7.99. The minimum atomic E-state index is 0.00661. The molecular weight excluding hydrogens is 961 g/mol. The second kappa shape index (κ2) is 55.5. The summed E-state index contributed by atoms with van der Waals surface area (Å²) in [6.45, 7) is 11.1. The van der Waals surface area contributed by atoms with Crippen LogP contribution in [0.1, 0.15) is 358 Å². The van der Waals surface area contributed by atoms with E-state index < -0.39 is 0 Å². The molecule has 4 nitrogen and oxygen atoms in total. The molecule has 0 N–H and O–H groups in total. The highest BCUT2D eigenvalue weighted by Crippen LogP contribution is 2.40. The molecule has 0 saturated carbocycles. The second-order valence-corrected chi connectivity index (χ2v) is 24.5. The quantitative estimate of drug-likeness (QED) is 0.0286. The summed E-state index contributed by atoms with van der Waals surface area (Å²) in [4.78, 5) is 14.7. The lowest BCUT2D eigenvalue weighted by Gasteiger charge is -2.18. The van der Waals surface area contributed by atoms with Gasteiger partial charge in [0.1, 0.15) is 0 Å². The van der Waals surface area contributed by atoms with Gasteiger partial charge in [-0.2, -0.15) is 0 Å². The van der Waals surface area contributed by atoms with Crippen LogP contribution in [0, 0.1) is 0 Å². The number of thioether (sulfide) groups is 1. The van der Waals surface area contributed by atoms with Crippen molar-refractivity contribution in [1.82, 2.24) is 0 Å². The first kappa shape index (κ1) is 70.7. The highest BCUT2D eigenvalue weighted by Gasteiger charge is 2.16. The fourth-order valence-corrected chi connectivity index (χ4v) is 11.5. The summed E-state index contributed by atoms with van der Waals surface area (Å²) in [6, 6.07) is 12.2. The molecule has 0 saturated heterocycles. The standard InChI is InChI=1S/C72H126O4S/c1-5-9-12-15-18-21-24-27-30-33-36-39-42-45-48-51-60-74-70-64-66(54-59-69(73)67-55-57-68(58-56-67)77-63-8-4)65-71(75-61-52-49-46-43-40-37-34-31-28-25-22-19-16-13-10-6-2)72(70)76-62-53-50-47-44-41-38-35-32-29-26-23-20-17-14-11-7-3/h54-59,64-65H,5-53,60-63H2,1-4H3. The van der Waals surface area contributed by atoms with Crippen LogP contribution in [0.5, 0.6) is 17.2 Å². The third-order valence-corrected chi connectivity index (χ3v) is 17.1. The van der Waals surface area contributed by atoms with Crippen LogP contribution in [0.25, 0.3) is 6.08 Å². The van der Waals surface area contributed by atoms with Gasteiger partial charge in [0.05, 0.1) is 19.8 Å². The van der Waals surface area contributed by atoms with Crippen molar-refractivity contribution < 1.29 is 19.0 Å². The van der Waals surface area contributed by atoms with Crippen molar-refractivity contribution in [2.24, 2.45) is 0 Å². The van der Waals surface area contributed by atoms with Crippen LogP contribution < -0.4 is 14.2 Å². The van der Waals surface area contributed by atoms with E-state index in [0.717, 1.165) is 54.2 Å². The first-order chi connectivity index (χ1) is 38.1. The van der Waals surface area contributed by atoms with Gasteiger partial charge < -0.3 is 14.2 Å². The largest absolute Gasteiger partial charge is 0.490 e. The first-order valence-corrected chi connectivity index (χ1v) is 35.1. The predicted octanol–water partition coefficient (Wildman–Crippen LogP) is 25.0. The van der Waals surface area contributed by atoms with Gasteiger partial charge in [0.2, 0.25) is 5.75 Å². The Morgan fingerprint density at radius 1 is 0.351 bits per heavy atom. The van der Waals surface area contributed by atoms with Gasteiger partial charge >= 0.3 is 0 Å². The van der Waals surface area contributed by atoms with Gasteiger partial charge in [-0.15, -0.1) is 11.8 Å². The van der Waals surface area contributed by atoms with E-state index >= 15 is 0 Å². The zero-order chi connectivity index (χ0) is 55.0. The third kappa shape index (κ3) is 43.1. The molecule has 444 valence electrons. The Labute approximate surface area is 483 Å². The number of hydrogen-bond acceptors (Lipinski definition) is 5. The van der Waals surface area contributed by atoms with E-state index in [0.29, 0.717) is 25.4 Å². The molecule has 0 heterocycles. The Balaban J connectivity index is 1.97. The maximum atomic E-state index is 13.5. The number of carbonyl (C=O) groups excluding carboxylic acids is 1. The highest BCUT2D eigenvalue weighted by atomic mass is 32.2. The van der Waals surface area contributed by atoms with E-state index in [2.05, 4.69) is 52.0 Å². The summed E-state index contributed by atoms with van der Waals surface area (Å²) >= 11 is 1.84. The Hall–Kier alpha value is -2.40. The molecule has 77 heavy (non-hydrogen) atoms. The summed E-state index contributed by atoms with van der Waals surface area (Å²) < 4.78 is 20.0. The van der Waals surface area contributed by atoms with Gasteiger partial charge in [-0.1, -0.05) is 323 Å². The molecule has 2 aromatic rings. The van der Waals surface area contributed by atoms with Crippen LogP contribution >= 0.6 is 11.8 Å². The molecule has 0 radical (unpaired) electrons. The summed E-state index contributed by atoms with van der Waals surface area (Å²) in [5, 5.41) is 0. The molecule has 5 heteroatoms. The number of benzene rings is 2. The van der Waals surface area contributed by atoms with Gasteiger partial charge in [-0.3, -0.25) is 4.79 Å². The summed E-state index contributed by atoms with van der Waals surface area (Å²) in [6.07, 6.45) is 69.7. The van der Waals surface area contributed by atoms with Crippen LogP contribution in [0.2, 0.25) is 0 Å². The number of unbranched alkanes of at least 4 members (excludes halogenated alkanes) is 45. The van der Waals surface area contributed by atoms with Crippen LogP contribution in [-0.2, 0) is 0 Å². The molecule has 2 rings (SSSR count). The molecule has 2 aromatic carbocycles. The Morgan fingerprint density at radius 3 is 0.909 bits per heavy atom. The minimum Gasteiger partial charge on any atom is -0.490 e. The molecule has 0 atom stereocenters. The zero-order valence-electron chi connectivity index (χ0n) is 51.6. The Morgan fingerprint density at radius 2 is 0.623 bits per heavy atom. The average molecular weight is 1090 g/mol. The van der Waals surface area contributed by atoms with E-state index in [-0.39, 0.29) is 5.78 Å². The van der Waals surface area contributed by atoms with Gasteiger partial charge in [0.15, 0.2) is 17.3 Å². The van der Waals surface area contributed by atoms with Crippen molar-refractivity contribution in [3.8, 4) is 17.2 Å². The number of hydrogen-bond donors (Lipinski definition) is 0. The van der Waals surface area contributed by atoms with Crippen molar-refractivity contribution >= 4 is 23.6 Å². The van der Waals surface area contributed by atoms with Crippen LogP contribution in [0.4, 0.5) is 0 Å². The van der Waals surface area contributed by atoms with Crippen molar-refractivity contribution in [3.63, 3.8) is 0 Å². The summed E-state index contributed by atoms with van der Waals surface area (Å²) in [5.74, 6) is 3.32. The monoisotopic (exact) mass is 1090 g/mol. The topological polar surface area (TPSA) is 44.8 Å². The minimum absolute atomic E-state index is 0.00661. The van der Waals surface area contributed by atoms with E-state index in [1.165, 1.54) is 294 Å². The smallest absolute Gasteiger partial charge is 0.203 e. The van der Waals surface area contributed by atoms with Crippen LogP contribution in [-0.4, -0.2) is 31.4 Å². The van der Waals surface area contributed by atoms with Crippen LogP contribution in [0.15, 0.2) is 47.4 Å². The molecule has 0 aliphatic rings. The van der Waals surface area contributed by atoms with E-state index in [1.54, 1.807) is 6.08 Å². The Kier molecular flexibility index (Phi) is 51.0. The van der Waals surface area contributed by atoms with Gasteiger partial charge in [0, 0.05) is 10.5 Å². The van der Waals surface area contributed by atoms with E-state index in [9.17, 15) is 4.79 Å². The predicted molar refractivity (Wildman–Crippen MR) is 342 cm³/mol. The summed E-state index contributed by atoms with van der Waals surface area (Å²) in [7, 11) is 0. The average Bonchev–Trinajstić information content (AvgIpc) is 3.45. The first-order valence-electron chi connectivity index (χ1n) is 34.1. The second-order valence-electron chi connectivity index (χ2n) is 23.4. The number of ketones is 1. The maximum Gasteiger partial charge on any atom is 0.203 e. The Bertz CT molecular complexity index is 1530. The van der Waals surface area contributed by atoms with Gasteiger partial charge in [-0.05, 0) is 79.5 Å². The SMILES string of the molecule is CCCCCCCCCCCCCCCCCCOc1cc(C=CC(=O)c2ccc(SCCC)cc2)cc(OCCCCCCCCCCCCCCCCCC)c1OCCCCCCCCCCCCCCCCCC. The fourth-order valence-electron chi connectivity index (χ4n) is 10.7. The normalized spacial score (nSPS) is 11.6. The van der Waals surface area contributed by atoms with Crippen molar-refractivity contribution in [1.29, 1.82) is 0 Å². The molecule has 0 aliphatic carbocycles. The molecule has 0 amide bonds. The lowest BCUT2D eigenvalue weighted by Crippen LogP contribution is -2.07. The third-order valence-electron chi connectivity index (χ3n) is 15.8. The van der Waals surface area contributed by atoms with Crippen molar-refractivity contribution in [3.05, 3.63) is 53.6 Å². The van der Waals surface area contributed by atoms with E-state index in [4.69, 9.17) is 14.2 Å². The fraction of sp³-hybridized carbons (Fsp3) is 0.792. The lowest BCUT2D eigenvalue weighted by atomic mass is 10.0. The molecular formula is C72H126O4S. The molecule has 0 unspecified atom stereocenters. The van der Waals surface area contributed by atoms with E-state index in [1.807, 2.05) is 30.0 Å². The van der Waals surface area contributed by atoms with Crippen LogP contribution in [0.3, 0.4) is 0 Å². The maximum absolute atomic E-state index is 13.5. The molecule has 0 fully saturated rings. The van der Waals surface area contributed by atoms with Gasteiger partial charge in [0.25, 0.3) is 0 Å². The molecule has 0 spiro atoms. The summed E-state index contributed by atoms with van der Waals surface area (Å²) in [5.41, 5.74) is 1.62. The van der Waals surface area contributed by atoms with Crippen molar-refractivity contribution in [2.45, 2.75) is 347 Å². The number of carbonyl (C=O) groups is 1. The molecule has 0 aliphatic heterocycles.